The first-order valence-corrected chi connectivity index (χ1v) is 7.00. The Balaban J connectivity index is 2.37. The molecule has 2 unspecified atom stereocenters. The molecule has 0 spiro atoms. The first-order valence-electron chi connectivity index (χ1n) is 7.00. The Morgan fingerprint density at radius 1 is 1.32 bits per heavy atom. The molecule has 106 valence electrons. The quantitative estimate of drug-likeness (QED) is 0.906. The maximum Gasteiger partial charge on any atom is 0.137 e. The van der Waals surface area contributed by atoms with E-state index < -0.39 is 0 Å². The Kier molecular flexibility index (Phi) is 4.24. The van der Waals surface area contributed by atoms with Gasteiger partial charge >= 0.3 is 0 Å². The van der Waals surface area contributed by atoms with Crippen LogP contribution < -0.4 is 10.2 Å². The molecule has 1 fully saturated rings. The van der Waals surface area contributed by atoms with Gasteiger partial charge in [0.05, 0.1) is 18.8 Å². The van der Waals surface area contributed by atoms with Crippen LogP contribution in [-0.2, 0) is 4.74 Å². The second-order valence-electron chi connectivity index (χ2n) is 5.24. The zero-order chi connectivity index (χ0) is 14.0. The van der Waals surface area contributed by atoms with E-state index in [1.54, 1.807) is 0 Å². The molecule has 1 saturated heterocycles. The maximum absolute atomic E-state index is 5.69. The number of nitrogens with zero attached hydrogens (tertiary/aromatic N) is 3. The van der Waals surface area contributed by atoms with E-state index in [4.69, 9.17) is 4.74 Å². The molecule has 1 aliphatic heterocycles. The fourth-order valence-electron chi connectivity index (χ4n) is 2.43. The van der Waals surface area contributed by atoms with Gasteiger partial charge in [0, 0.05) is 18.7 Å². The van der Waals surface area contributed by atoms with Crippen molar-refractivity contribution < 1.29 is 4.74 Å². The average Bonchev–Trinajstić information content (AvgIpc) is 2.37. The molecule has 1 aliphatic rings. The molecule has 5 heteroatoms. The van der Waals surface area contributed by atoms with Gasteiger partial charge in [0.15, 0.2) is 0 Å². The van der Waals surface area contributed by atoms with Crippen molar-refractivity contribution in [1.82, 2.24) is 9.97 Å². The van der Waals surface area contributed by atoms with E-state index in [1.165, 1.54) is 0 Å². The smallest absolute Gasteiger partial charge is 0.137 e. The highest BCUT2D eigenvalue weighted by molar-refractivity contribution is 5.59. The molecule has 0 amide bonds. The third-order valence-corrected chi connectivity index (χ3v) is 3.46. The van der Waals surface area contributed by atoms with E-state index in [2.05, 4.69) is 47.9 Å². The zero-order valence-corrected chi connectivity index (χ0v) is 12.5. The highest BCUT2D eigenvalue weighted by Gasteiger charge is 2.26. The zero-order valence-electron chi connectivity index (χ0n) is 12.5. The summed E-state index contributed by atoms with van der Waals surface area (Å²) in [5.74, 6) is 2.78. The number of anilines is 2. The van der Waals surface area contributed by atoms with Crippen LogP contribution in [0.4, 0.5) is 11.6 Å². The Morgan fingerprint density at radius 2 is 2.05 bits per heavy atom. The van der Waals surface area contributed by atoms with Crippen molar-refractivity contribution >= 4 is 11.6 Å². The van der Waals surface area contributed by atoms with Crippen LogP contribution in [0.2, 0.25) is 0 Å². The third-order valence-electron chi connectivity index (χ3n) is 3.46. The number of nitrogens with one attached hydrogen (secondary N) is 1. The average molecular weight is 264 g/mol. The monoisotopic (exact) mass is 264 g/mol. The molecule has 2 heterocycles. The molecule has 2 rings (SSSR count). The molecule has 19 heavy (non-hydrogen) atoms. The van der Waals surface area contributed by atoms with Gasteiger partial charge in [-0.1, -0.05) is 0 Å². The molecule has 0 bridgehead atoms. The van der Waals surface area contributed by atoms with Crippen LogP contribution in [0.25, 0.3) is 0 Å². The van der Waals surface area contributed by atoms with Gasteiger partial charge in [-0.3, -0.25) is 0 Å². The molecule has 2 atom stereocenters. The van der Waals surface area contributed by atoms with Gasteiger partial charge in [-0.15, -0.1) is 0 Å². The number of ether oxygens (including phenoxy) is 1. The van der Waals surface area contributed by atoms with Crippen LogP contribution in [0.1, 0.15) is 32.2 Å². The number of hydrogen-bond acceptors (Lipinski definition) is 5. The highest BCUT2D eigenvalue weighted by atomic mass is 16.5. The second kappa shape index (κ2) is 5.74. The predicted octanol–water partition coefficient (Wildman–Crippen LogP) is 2.14. The fraction of sp³-hybridized carbons (Fsp3) is 0.714. The topological polar surface area (TPSA) is 50.3 Å². The van der Waals surface area contributed by atoms with Crippen molar-refractivity contribution in [3.63, 3.8) is 0 Å². The van der Waals surface area contributed by atoms with E-state index in [-0.39, 0.29) is 6.10 Å². The summed E-state index contributed by atoms with van der Waals surface area (Å²) in [4.78, 5) is 11.5. The number of rotatable bonds is 3. The fourth-order valence-corrected chi connectivity index (χ4v) is 2.43. The van der Waals surface area contributed by atoms with E-state index >= 15 is 0 Å². The van der Waals surface area contributed by atoms with Crippen LogP contribution in [0.15, 0.2) is 0 Å². The Bertz CT molecular complexity index is 449. The molecule has 1 aromatic rings. The molecule has 1 N–H and O–H groups in total. The number of hydrogen-bond donors (Lipinski definition) is 1. The first-order chi connectivity index (χ1) is 9.02. The summed E-state index contributed by atoms with van der Waals surface area (Å²) in [7, 11) is 0. The predicted molar refractivity (Wildman–Crippen MR) is 77.9 cm³/mol. The highest BCUT2D eigenvalue weighted by Crippen LogP contribution is 2.27. The van der Waals surface area contributed by atoms with Gasteiger partial charge in [0.2, 0.25) is 0 Å². The Hall–Kier alpha value is -1.36. The van der Waals surface area contributed by atoms with Crippen molar-refractivity contribution in [2.45, 2.75) is 46.8 Å². The Morgan fingerprint density at radius 3 is 2.74 bits per heavy atom. The van der Waals surface area contributed by atoms with Gasteiger partial charge in [-0.2, -0.15) is 0 Å². The van der Waals surface area contributed by atoms with E-state index in [9.17, 15) is 0 Å². The van der Waals surface area contributed by atoms with Crippen LogP contribution in [0.5, 0.6) is 0 Å². The van der Waals surface area contributed by atoms with E-state index in [1.807, 2.05) is 6.92 Å². The summed E-state index contributed by atoms with van der Waals surface area (Å²) >= 11 is 0. The lowest BCUT2D eigenvalue weighted by Gasteiger charge is -2.38. The van der Waals surface area contributed by atoms with Crippen molar-refractivity contribution in [2.75, 3.05) is 29.9 Å². The van der Waals surface area contributed by atoms with Gasteiger partial charge < -0.3 is 15.0 Å². The third kappa shape index (κ3) is 2.97. The number of aromatic nitrogens is 2. The summed E-state index contributed by atoms with van der Waals surface area (Å²) in [6.45, 7) is 12.9. The lowest BCUT2D eigenvalue weighted by atomic mass is 10.1. The van der Waals surface area contributed by atoms with Gasteiger partial charge in [-0.05, 0) is 34.6 Å². The molecular formula is C14H24N4O. The Labute approximate surface area is 115 Å². The van der Waals surface area contributed by atoms with Crippen LogP contribution in [0, 0.1) is 13.8 Å². The summed E-state index contributed by atoms with van der Waals surface area (Å²) in [5.41, 5.74) is 1.12. The normalized spacial score (nSPS) is 23.5. The lowest BCUT2D eigenvalue weighted by Crippen LogP contribution is -2.48. The minimum Gasteiger partial charge on any atom is -0.375 e. The van der Waals surface area contributed by atoms with Crippen LogP contribution in [-0.4, -0.2) is 41.8 Å². The van der Waals surface area contributed by atoms with Crippen molar-refractivity contribution in [1.29, 1.82) is 0 Å². The van der Waals surface area contributed by atoms with E-state index in [0.29, 0.717) is 6.04 Å². The standard InChI is InChI=1S/C14H24N4O/c1-6-15-13-11(4)14(17-12(5)16-13)18-7-10(3)19-8-9(18)2/h9-10H,6-8H2,1-5H3,(H,15,16,17). The SMILES string of the molecule is CCNc1nc(C)nc(N2CC(C)OCC2C)c1C. The molecule has 0 aliphatic carbocycles. The molecule has 5 nitrogen and oxygen atoms in total. The maximum atomic E-state index is 5.69. The van der Waals surface area contributed by atoms with Crippen molar-refractivity contribution in [3.05, 3.63) is 11.4 Å². The van der Waals surface area contributed by atoms with Gasteiger partial charge in [0.1, 0.15) is 17.5 Å². The van der Waals surface area contributed by atoms with Gasteiger partial charge in [-0.25, -0.2) is 9.97 Å². The summed E-state index contributed by atoms with van der Waals surface area (Å²) in [5, 5.41) is 3.31. The minimum absolute atomic E-state index is 0.244. The second-order valence-corrected chi connectivity index (χ2v) is 5.24. The molecular weight excluding hydrogens is 240 g/mol. The summed E-state index contributed by atoms with van der Waals surface area (Å²) in [6.07, 6.45) is 0.244. The van der Waals surface area contributed by atoms with Gasteiger partial charge in [0.25, 0.3) is 0 Å². The number of morpholine rings is 1. The molecule has 0 aromatic carbocycles. The summed E-state index contributed by atoms with van der Waals surface area (Å²) < 4.78 is 5.69. The van der Waals surface area contributed by atoms with Crippen LogP contribution in [0.3, 0.4) is 0 Å². The molecule has 0 radical (unpaired) electrons. The lowest BCUT2D eigenvalue weighted by molar-refractivity contribution is 0.0340. The largest absolute Gasteiger partial charge is 0.375 e. The van der Waals surface area contributed by atoms with Crippen LogP contribution >= 0.6 is 0 Å². The van der Waals surface area contributed by atoms with E-state index in [0.717, 1.165) is 42.7 Å². The van der Waals surface area contributed by atoms with Crippen molar-refractivity contribution in [3.8, 4) is 0 Å². The van der Waals surface area contributed by atoms with Crippen molar-refractivity contribution in [2.24, 2.45) is 0 Å². The molecule has 0 saturated carbocycles. The molecule has 1 aromatic heterocycles. The first kappa shape index (κ1) is 14.1. The summed E-state index contributed by atoms with van der Waals surface area (Å²) in [6, 6.07) is 0.346. The number of aryl methyl sites for hydroxylation is 1. The minimum atomic E-state index is 0.244.